The van der Waals surface area contributed by atoms with Gasteiger partial charge in [-0.25, -0.2) is 8.42 Å². The Bertz CT molecular complexity index is 957. The molecular formula is C29H48NNaO6S. The number of ether oxygens (including phenoxy) is 1. The number of hydrogen-bond donors (Lipinski definition) is 0. The number of carbonyl (C=O) groups excluding carboxylic acids is 1. The van der Waals surface area contributed by atoms with E-state index in [0.717, 1.165) is 77.3 Å². The summed E-state index contributed by atoms with van der Waals surface area (Å²) in [5.74, 6) is 2.42. The van der Waals surface area contributed by atoms with E-state index in [2.05, 4.69) is 20.8 Å². The predicted molar refractivity (Wildman–Crippen MR) is 140 cm³/mol. The number of amides is 1. The van der Waals surface area contributed by atoms with Gasteiger partial charge in [-0.1, -0.05) is 20.8 Å². The molecule has 0 bridgehead atoms. The molecular weight excluding hydrogens is 513 g/mol. The Morgan fingerprint density at radius 1 is 1.03 bits per heavy atom. The van der Waals surface area contributed by atoms with Gasteiger partial charge in [0.2, 0.25) is 16.3 Å². The zero-order valence-electron chi connectivity index (χ0n) is 24.3. The van der Waals surface area contributed by atoms with Crippen molar-refractivity contribution in [1.29, 1.82) is 0 Å². The zero-order valence-corrected chi connectivity index (χ0v) is 27.1. The van der Waals surface area contributed by atoms with Crippen LogP contribution in [0, 0.1) is 46.3 Å². The van der Waals surface area contributed by atoms with Crippen LogP contribution in [0.5, 0.6) is 0 Å². The smallest absolute Gasteiger partial charge is 0.726 e. The standard InChI is InChI=1S/C29H49NO6S.Na/c1-19(7-10-26(31)30-15-5-6-16-30)22-8-9-23-27-24(12-14-29(22,23)3)28(2)13-11-21(35-4)17-20(28)18-25(27)36-37(32,33)34;/h19-25,27H,5-18H2,1-4H3,(H,32,33,34);/q;+1/p-1/t19-,20+,21-,22-,23+,24+,25-,27+,28+,29-;/m1./s1. The summed E-state index contributed by atoms with van der Waals surface area (Å²) in [6.45, 7) is 8.99. The third-order valence-electron chi connectivity index (χ3n) is 12.2. The van der Waals surface area contributed by atoms with Crippen LogP contribution in [0.3, 0.4) is 0 Å². The Hall–Kier alpha value is 0.300. The summed E-state index contributed by atoms with van der Waals surface area (Å²) in [5, 5.41) is 0. The van der Waals surface area contributed by atoms with E-state index in [1.165, 1.54) is 0 Å². The van der Waals surface area contributed by atoms with E-state index in [1.807, 2.05) is 4.90 Å². The minimum absolute atomic E-state index is 0. The van der Waals surface area contributed by atoms with Crippen molar-refractivity contribution in [3.8, 4) is 0 Å². The van der Waals surface area contributed by atoms with Gasteiger partial charge in [-0.15, -0.1) is 0 Å². The molecule has 10 atom stereocenters. The largest absolute Gasteiger partial charge is 1.00 e. The average Bonchev–Trinajstić information content (AvgIpc) is 3.49. The van der Waals surface area contributed by atoms with Gasteiger partial charge in [-0.2, -0.15) is 0 Å². The summed E-state index contributed by atoms with van der Waals surface area (Å²) < 4.78 is 46.8. The zero-order chi connectivity index (χ0) is 26.6. The van der Waals surface area contributed by atoms with Gasteiger partial charge in [0, 0.05) is 26.6 Å². The molecule has 1 aliphatic heterocycles. The third-order valence-corrected chi connectivity index (χ3v) is 12.7. The first-order chi connectivity index (χ1) is 17.5. The van der Waals surface area contributed by atoms with Gasteiger partial charge in [0.1, 0.15) is 0 Å². The van der Waals surface area contributed by atoms with Crippen LogP contribution >= 0.6 is 0 Å². The van der Waals surface area contributed by atoms with E-state index in [4.69, 9.17) is 8.92 Å². The van der Waals surface area contributed by atoms with Gasteiger partial charge in [0.25, 0.3) is 0 Å². The van der Waals surface area contributed by atoms with Crippen LogP contribution in [-0.2, 0) is 24.1 Å². The predicted octanol–water partition coefficient (Wildman–Crippen LogP) is 2.16. The van der Waals surface area contributed by atoms with Crippen molar-refractivity contribution in [3.05, 3.63) is 0 Å². The molecule has 1 heterocycles. The minimum Gasteiger partial charge on any atom is -0.726 e. The maximum Gasteiger partial charge on any atom is 1.00 e. The number of fused-ring (bicyclic) bond motifs is 5. The van der Waals surface area contributed by atoms with E-state index in [-0.39, 0.29) is 52.4 Å². The normalized spacial score (nSPS) is 43.5. The van der Waals surface area contributed by atoms with E-state index < -0.39 is 16.5 Å². The van der Waals surface area contributed by atoms with Crippen LogP contribution in [0.1, 0.15) is 97.8 Å². The summed E-state index contributed by atoms with van der Waals surface area (Å²) in [4.78, 5) is 14.7. The first-order valence-electron chi connectivity index (χ1n) is 14.9. The number of methoxy groups -OCH3 is 1. The topological polar surface area (TPSA) is 96.0 Å². The molecule has 4 aliphatic carbocycles. The number of hydrogen-bond acceptors (Lipinski definition) is 6. The molecule has 38 heavy (non-hydrogen) atoms. The summed E-state index contributed by atoms with van der Waals surface area (Å²) in [6, 6.07) is 0. The molecule has 0 aromatic rings. The van der Waals surface area contributed by atoms with E-state index in [0.29, 0.717) is 48.3 Å². The molecule has 212 valence electrons. The Labute approximate surface area is 252 Å². The summed E-state index contributed by atoms with van der Waals surface area (Å²) in [6.07, 6.45) is 11.6. The molecule has 0 unspecified atom stereocenters. The summed E-state index contributed by atoms with van der Waals surface area (Å²) in [7, 11) is -3.02. The van der Waals surface area contributed by atoms with Crippen molar-refractivity contribution in [3.63, 3.8) is 0 Å². The fourth-order valence-corrected chi connectivity index (χ4v) is 10.8. The molecule has 5 fully saturated rings. The number of carbonyl (C=O) groups is 1. The van der Waals surface area contributed by atoms with Crippen molar-refractivity contribution >= 4 is 16.3 Å². The van der Waals surface area contributed by atoms with Crippen LogP contribution in [-0.4, -0.2) is 56.2 Å². The van der Waals surface area contributed by atoms with Crippen LogP contribution in [0.15, 0.2) is 0 Å². The first kappa shape index (κ1) is 31.2. The van der Waals surface area contributed by atoms with Gasteiger partial charge >= 0.3 is 29.6 Å². The fourth-order valence-electron chi connectivity index (χ4n) is 10.3. The third kappa shape index (κ3) is 5.80. The molecule has 0 N–H and O–H groups in total. The van der Waals surface area contributed by atoms with Crippen LogP contribution < -0.4 is 29.6 Å². The number of nitrogens with zero attached hydrogens (tertiary/aromatic N) is 1. The Kier molecular flexibility index (Phi) is 9.77. The Morgan fingerprint density at radius 2 is 1.68 bits per heavy atom. The van der Waals surface area contributed by atoms with Crippen molar-refractivity contribution in [2.75, 3.05) is 20.2 Å². The molecule has 5 aliphatic rings. The van der Waals surface area contributed by atoms with E-state index >= 15 is 0 Å². The van der Waals surface area contributed by atoms with Gasteiger partial charge in [0.05, 0.1) is 12.2 Å². The Balaban J connectivity index is 0.00000336. The molecule has 7 nitrogen and oxygen atoms in total. The van der Waals surface area contributed by atoms with Crippen LogP contribution in [0.2, 0.25) is 0 Å². The summed E-state index contributed by atoms with van der Waals surface area (Å²) in [5.41, 5.74) is 0.234. The quantitative estimate of drug-likeness (QED) is 0.269. The van der Waals surface area contributed by atoms with Gasteiger partial charge in [-0.05, 0) is 117 Å². The van der Waals surface area contributed by atoms with E-state index in [9.17, 15) is 17.8 Å². The molecule has 0 spiro atoms. The second-order valence-electron chi connectivity index (χ2n) is 13.7. The maximum atomic E-state index is 12.7. The maximum absolute atomic E-state index is 12.7. The van der Waals surface area contributed by atoms with Crippen LogP contribution in [0.25, 0.3) is 0 Å². The molecule has 1 amide bonds. The fraction of sp³-hybridized carbons (Fsp3) is 0.966. The monoisotopic (exact) mass is 561 g/mol. The van der Waals surface area contributed by atoms with E-state index in [1.54, 1.807) is 7.11 Å². The molecule has 0 aromatic heterocycles. The molecule has 1 saturated heterocycles. The molecule has 9 heteroatoms. The summed E-state index contributed by atoms with van der Waals surface area (Å²) >= 11 is 0. The van der Waals surface area contributed by atoms with Crippen molar-refractivity contribution in [2.24, 2.45) is 46.3 Å². The molecule has 5 rings (SSSR count). The molecule has 0 aromatic carbocycles. The van der Waals surface area contributed by atoms with Crippen molar-refractivity contribution in [2.45, 2.75) is 110 Å². The second kappa shape index (κ2) is 11.9. The number of rotatable bonds is 7. The number of likely N-dealkylation sites (tertiary alicyclic amines) is 1. The second-order valence-corrected chi connectivity index (χ2v) is 14.7. The first-order valence-corrected chi connectivity index (χ1v) is 16.2. The van der Waals surface area contributed by atoms with Crippen molar-refractivity contribution in [1.82, 2.24) is 4.90 Å². The minimum atomic E-state index is -4.78. The van der Waals surface area contributed by atoms with Gasteiger partial charge < -0.3 is 14.2 Å². The molecule has 0 radical (unpaired) electrons. The Morgan fingerprint density at radius 3 is 2.34 bits per heavy atom. The average molecular weight is 562 g/mol. The molecule has 4 saturated carbocycles. The van der Waals surface area contributed by atoms with Gasteiger partial charge in [0.15, 0.2) is 0 Å². The van der Waals surface area contributed by atoms with Crippen LogP contribution in [0.4, 0.5) is 0 Å². The van der Waals surface area contributed by atoms with Gasteiger partial charge in [-0.3, -0.25) is 8.98 Å². The van der Waals surface area contributed by atoms with Crippen molar-refractivity contribution < 1.29 is 56.2 Å². The SMILES string of the molecule is CO[C@@H]1CC[C@@]2(C)[C@@H](C1)C[C@@H](OS(=O)(=O)[O-])[C@@H]1[C@@H]2CC[C@]2(C)[C@@H]([C@H](C)CCC(=O)N3CCCC3)CC[C@@H]12.[Na+].